The van der Waals surface area contributed by atoms with Gasteiger partial charge in [0.25, 0.3) is 0 Å². The molecule has 0 radical (unpaired) electrons. The number of carbonyl (C=O) groups is 2. The molecule has 1 aliphatic carbocycles. The Balaban J connectivity index is 2.08. The summed E-state index contributed by atoms with van der Waals surface area (Å²) in [5.41, 5.74) is 4.82. The molecule has 1 saturated carbocycles. The fraction of sp³-hybridized carbons (Fsp3) is 0.778. The standard InChI is InChI=1S/C9H17N3O2/c1-6(8(13)12-9(10)14)11-5-4-7-2-3-7/h6-7,11H,2-5H2,1H3,(H3,10,12,13,14). The third-order valence-corrected chi connectivity index (χ3v) is 2.34. The summed E-state index contributed by atoms with van der Waals surface area (Å²) in [5.74, 6) is 0.474. The SMILES string of the molecule is CC(NCCC1CC1)C(=O)NC(N)=O. The quantitative estimate of drug-likeness (QED) is 0.581. The van der Waals surface area contributed by atoms with Crippen LogP contribution >= 0.6 is 0 Å². The molecule has 0 aromatic heterocycles. The van der Waals surface area contributed by atoms with Crippen LogP contribution in [0.25, 0.3) is 0 Å². The monoisotopic (exact) mass is 199 g/mol. The molecule has 0 saturated heterocycles. The van der Waals surface area contributed by atoms with Gasteiger partial charge in [-0.25, -0.2) is 4.79 Å². The minimum Gasteiger partial charge on any atom is -0.351 e. The van der Waals surface area contributed by atoms with Crippen LogP contribution < -0.4 is 16.4 Å². The zero-order valence-electron chi connectivity index (χ0n) is 8.38. The van der Waals surface area contributed by atoms with Gasteiger partial charge >= 0.3 is 6.03 Å². The minimum absolute atomic E-state index is 0.360. The highest BCUT2D eigenvalue weighted by Gasteiger charge is 2.21. The van der Waals surface area contributed by atoms with E-state index in [0.717, 1.165) is 18.9 Å². The molecule has 0 bridgehead atoms. The predicted octanol–water partition coefficient (Wildman–Crippen LogP) is -0.0405. The lowest BCUT2D eigenvalue weighted by atomic mass is 10.2. The maximum atomic E-state index is 11.2. The molecule has 1 atom stereocenters. The number of rotatable bonds is 5. The van der Waals surface area contributed by atoms with Gasteiger partial charge in [0.1, 0.15) is 0 Å². The average molecular weight is 199 g/mol. The Bertz CT molecular complexity index is 226. The van der Waals surface area contributed by atoms with Crippen molar-refractivity contribution < 1.29 is 9.59 Å². The van der Waals surface area contributed by atoms with Crippen molar-refractivity contribution in [3.63, 3.8) is 0 Å². The average Bonchev–Trinajstić information content (AvgIpc) is 2.86. The number of imide groups is 1. The first-order chi connectivity index (χ1) is 6.59. The van der Waals surface area contributed by atoms with Gasteiger partial charge in [0.2, 0.25) is 5.91 Å². The second-order valence-corrected chi connectivity index (χ2v) is 3.76. The molecule has 1 fully saturated rings. The Morgan fingerprint density at radius 3 is 2.64 bits per heavy atom. The number of amides is 3. The van der Waals surface area contributed by atoms with E-state index in [9.17, 15) is 9.59 Å². The molecule has 0 aromatic carbocycles. The van der Waals surface area contributed by atoms with E-state index in [1.165, 1.54) is 12.8 Å². The summed E-state index contributed by atoms with van der Waals surface area (Å²) in [6.07, 6.45) is 3.72. The van der Waals surface area contributed by atoms with E-state index < -0.39 is 6.03 Å². The van der Waals surface area contributed by atoms with Gasteiger partial charge in [0, 0.05) is 0 Å². The van der Waals surface area contributed by atoms with E-state index in [-0.39, 0.29) is 11.9 Å². The van der Waals surface area contributed by atoms with Crippen LogP contribution in [0.4, 0.5) is 4.79 Å². The van der Waals surface area contributed by atoms with Gasteiger partial charge in [-0.2, -0.15) is 0 Å². The van der Waals surface area contributed by atoms with Crippen LogP contribution in [0.5, 0.6) is 0 Å². The van der Waals surface area contributed by atoms with Crippen molar-refractivity contribution in [1.29, 1.82) is 0 Å². The van der Waals surface area contributed by atoms with E-state index in [1.807, 2.05) is 5.32 Å². The minimum atomic E-state index is -0.800. The van der Waals surface area contributed by atoms with E-state index in [0.29, 0.717) is 0 Å². The molecule has 0 aliphatic heterocycles. The van der Waals surface area contributed by atoms with E-state index in [2.05, 4.69) is 5.32 Å². The molecule has 80 valence electrons. The summed E-state index contributed by atoms with van der Waals surface area (Å²) >= 11 is 0. The van der Waals surface area contributed by atoms with Gasteiger partial charge in [-0.3, -0.25) is 10.1 Å². The third kappa shape index (κ3) is 4.23. The van der Waals surface area contributed by atoms with E-state index in [1.54, 1.807) is 6.92 Å². The van der Waals surface area contributed by atoms with E-state index in [4.69, 9.17) is 5.73 Å². The molecule has 1 aliphatic rings. The molecular weight excluding hydrogens is 182 g/mol. The van der Waals surface area contributed by atoms with Crippen LogP contribution in [0.15, 0.2) is 0 Å². The topological polar surface area (TPSA) is 84.2 Å². The van der Waals surface area contributed by atoms with Gasteiger partial charge < -0.3 is 11.1 Å². The Morgan fingerprint density at radius 1 is 1.50 bits per heavy atom. The lowest BCUT2D eigenvalue weighted by Crippen LogP contribution is -2.46. The number of nitrogens with one attached hydrogen (secondary N) is 2. The van der Waals surface area contributed by atoms with Crippen molar-refractivity contribution in [1.82, 2.24) is 10.6 Å². The summed E-state index contributed by atoms with van der Waals surface area (Å²) in [7, 11) is 0. The molecule has 1 unspecified atom stereocenters. The molecule has 5 heteroatoms. The highest BCUT2D eigenvalue weighted by atomic mass is 16.2. The summed E-state index contributed by atoms with van der Waals surface area (Å²) in [6.45, 7) is 2.53. The van der Waals surface area contributed by atoms with Gasteiger partial charge in [-0.1, -0.05) is 12.8 Å². The van der Waals surface area contributed by atoms with Crippen molar-refractivity contribution in [2.24, 2.45) is 11.7 Å². The second kappa shape index (κ2) is 4.95. The molecule has 0 aromatic rings. The predicted molar refractivity (Wildman–Crippen MR) is 52.5 cm³/mol. The lowest BCUT2D eigenvalue weighted by molar-refractivity contribution is -0.121. The number of hydrogen-bond acceptors (Lipinski definition) is 3. The maximum absolute atomic E-state index is 11.2. The molecule has 5 nitrogen and oxygen atoms in total. The summed E-state index contributed by atoms with van der Waals surface area (Å²) in [4.78, 5) is 21.5. The van der Waals surface area contributed by atoms with Crippen LogP contribution in [0.3, 0.4) is 0 Å². The molecular formula is C9H17N3O2. The largest absolute Gasteiger partial charge is 0.351 e. The number of carbonyl (C=O) groups excluding carboxylic acids is 2. The summed E-state index contributed by atoms with van der Waals surface area (Å²) in [6, 6.07) is -1.16. The molecule has 0 spiro atoms. The normalized spacial score (nSPS) is 17.5. The maximum Gasteiger partial charge on any atom is 0.318 e. The van der Waals surface area contributed by atoms with Gasteiger partial charge in [0.15, 0.2) is 0 Å². The fourth-order valence-corrected chi connectivity index (χ4v) is 1.23. The Kier molecular flexibility index (Phi) is 3.88. The van der Waals surface area contributed by atoms with Crippen molar-refractivity contribution in [3.05, 3.63) is 0 Å². The second-order valence-electron chi connectivity index (χ2n) is 3.76. The van der Waals surface area contributed by atoms with Gasteiger partial charge in [0.05, 0.1) is 6.04 Å². The number of primary amides is 1. The Hall–Kier alpha value is -1.10. The van der Waals surface area contributed by atoms with Gasteiger partial charge in [-0.15, -0.1) is 0 Å². The first kappa shape index (κ1) is 11.0. The summed E-state index contributed by atoms with van der Waals surface area (Å²) in [5, 5.41) is 5.07. The highest BCUT2D eigenvalue weighted by molar-refractivity contribution is 5.96. The fourth-order valence-electron chi connectivity index (χ4n) is 1.23. The Morgan fingerprint density at radius 2 is 2.14 bits per heavy atom. The van der Waals surface area contributed by atoms with Crippen molar-refractivity contribution in [2.45, 2.75) is 32.2 Å². The first-order valence-electron chi connectivity index (χ1n) is 4.93. The highest BCUT2D eigenvalue weighted by Crippen LogP contribution is 2.31. The molecule has 3 amide bonds. The molecule has 14 heavy (non-hydrogen) atoms. The molecule has 4 N–H and O–H groups in total. The zero-order valence-corrected chi connectivity index (χ0v) is 8.38. The number of nitrogens with two attached hydrogens (primary N) is 1. The van der Waals surface area contributed by atoms with Gasteiger partial charge in [-0.05, 0) is 25.8 Å². The van der Waals surface area contributed by atoms with Crippen molar-refractivity contribution in [3.8, 4) is 0 Å². The van der Waals surface area contributed by atoms with Crippen LogP contribution in [-0.4, -0.2) is 24.5 Å². The van der Waals surface area contributed by atoms with Crippen LogP contribution in [0.2, 0.25) is 0 Å². The lowest BCUT2D eigenvalue weighted by Gasteiger charge is -2.11. The Labute approximate surface area is 83.4 Å². The number of urea groups is 1. The third-order valence-electron chi connectivity index (χ3n) is 2.34. The zero-order chi connectivity index (χ0) is 10.6. The van der Waals surface area contributed by atoms with Crippen molar-refractivity contribution >= 4 is 11.9 Å². The van der Waals surface area contributed by atoms with Crippen LogP contribution in [0, 0.1) is 5.92 Å². The van der Waals surface area contributed by atoms with Crippen molar-refractivity contribution in [2.75, 3.05) is 6.54 Å². The smallest absolute Gasteiger partial charge is 0.318 e. The summed E-state index contributed by atoms with van der Waals surface area (Å²) < 4.78 is 0. The molecule has 0 heterocycles. The molecule has 1 rings (SSSR count). The van der Waals surface area contributed by atoms with E-state index >= 15 is 0 Å². The van der Waals surface area contributed by atoms with Crippen LogP contribution in [0.1, 0.15) is 26.2 Å². The van der Waals surface area contributed by atoms with Crippen LogP contribution in [-0.2, 0) is 4.79 Å². The first-order valence-corrected chi connectivity index (χ1v) is 4.93. The number of hydrogen-bond donors (Lipinski definition) is 3.